The standard InChI is InChI=1S/C19H29N3O4/c1-14-15(7-8-17(21-14)22-10-12-25-13-11-22)16(23)6-5-9-20-18(24)26-19(2,3)4/h7-8H,5-6,9-13H2,1-4H3,(H,20,24). The van der Waals surface area contributed by atoms with E-state index in [1.807, 2.05) is 39.8 Å². The Bertz CT molecular complexity index is 634. The Hall–Kier alpha value is -2.15. The van der Waals surface area contributed by atoms with Gasteiger partial charge < -0.3 is 19.7 Å². The second kappa shape index (κ2) is 8.98. The summed E-state index contributed by atoms with van der Waals surface area (Å²) in [5, 5.41) is 2.67. The number of carbonyl (C=O) groups is 2. The summed E-state index contributed by atoms with van der Waals surface area (Å²) in [6, 6.07) is 3.74. The van der Waals surface area contributed by atoms with Crippen molar-refractivity contribution in [3.05, 3.63) is 23.4 Å². The lowest BCUT2D eigenvalue weighted by Gasteiger charge is -2.28. The zero-order chi connectivity index (χ0) is 19.2. The maximum absolute atomic E-state index is 12.4. The predicted molar refractivity (Wildman–Crippen MR) is 99.8 cm³/mol. The van der Waals surface area contributed by atoms with E-state index in [0.717, 1.165) is 24.6 Å². The smallest absolute Gasteiger partial charge is 0.407 e. The first-order chi connectivity index (χ1) is 12.3. The van der Waals surface area contributed by atoms with Crippen molar-refractivity contribution < 1.29 is 19.1 Å². The molecule has 1 amide bonds. The van der Waals surface area contributed by atoms with E-state index in [9.17, 15) is 9.59 Å². The lowest BCUT2D eigenvalue weighted by atomic mass is 10.1. The van der Waals surface area contributed by atoms with Crippen LogP contribution in [0.2, 0.25) is 0 Å². The van der Waals surface area contributed by atoms with E-state index >= 15 is 0 Å². The molecule has 1 aliphatic rings. The number of hydrogen-bond donors (Lipinski definition) is 1. The van der Waals surface area contributed by atoms with Gasteiger partial charge in [-0.3, -0.25) is 4.79 Å². The van der Waals surface area contributed by atoms with Gasteiger partial charge in [0, 0.05) is 31.6 Å². The van der Waals surface area contributed by atoms with E-state index in [0.29, 0.717) is 38.2 Å². The number of amides is 1. The van der Waals surface area contributed by atoms with Crippen LogP contribution in [0.5, 0.6) is 0 Å². The summed E-state index contributed by atoms with van der Waals surface area (Å²) < 4.78 is 10.5. The molecule has 1 fully saturated rings. The van der Waals surface area contributed by atoms with Gasteiger partial charge in [0.05, 0.1) is 18.9 Å². The molecular formula is C19H29N3O4. The molecule has 0 aromatic carbocycles. The second-order valence-electron chi connectivity index (χ2n) is 7.36. The van der Waals surface area contributed by atoms with Crippen LogP contribution < -0.4 is 10.2 Å². The monoisotopic (exact) mass is 363 g/mol. The number of anilines is 1. The highest BCUT2D eigenvalue weighted by Gasteiger charge is 2.17. The minimum absolute atomic E-state index is 0.0366. The Kier molecular flexibility index (Phi) is 6.97. The molecule has 1 saturated heterocycles. The van der Waals surface area contributed by atoms with E-state index < -0.39 is 11.7 Å². The van der Waals surface area contributed by atoms with Crippen molar-refractivity contribution in [2.45, 2.75) is 46.1 Å². The maximum Gasteiger partial charge on any atom is 0.407 e. The fourth-order valence-electron chi connectivity index (χ4n) is 2.70. The van der Waals surface area contributed by atoms with Crippen molar-refractivity contribution in [3.8, 4) is 0 Å². The number of carbonyl (C=O) groups excluding carboxylic acids is 2. The van der Waals surface area contributed by atoms with Gasteiger partial charge in [-0.25, -0.2) is 9.78 Å². The molecule has 2 heterocycles. The lowest BCUT2D eigenvalue weighted by Crippen LogP contribution is -2.36. The summed E-state index contributed by atoms with van der Waals surface area (Å²) >= 11 is 0. The predicted octanol–water partition coefficient (Wildman–Crippen LogP) is 2.71. The number of alkyl carbamates (subject to hydrolysis) is 1. The number of aromatic nitrogens is 1. The molecule has 0 saturated carbocycles. The molecule has 0 aliphatic carbocycles. The van der Waals surface area contributed by atoms with E-state index in [1.165, 1.54) is 0 Å². The molecule has 1 aromatic rings. The summed E-state index contributed by atoms with van der Waals surface area (Å²) in [5.74, 6) is 0.920. The van der Waals surface area contributed by atoms with Crippen LogP contribution in [0.15, 0.2) is 12.1 Å². The molecule has 1 aliphatic heterocycles. The molecule has 0 radical (unpaired) electrons. The molecule has 0 bridgehead atoms. The minimum atomic E-state index is -0.523. The topological polar surface area (TPSA) is 80.8 Å². The van der Waals surface area contributed by atoms with Crippen LogP contribution in [-0.4, -0.2) is 55.3 Å². The fourth-order valence-corrected chi connectivity index (χ4v) is 2.70. The first-order valence-electron chi connectivity index (χ1n) is 9.06. The maximum atomic E-state index is 12.4. The fraction of sp³-hybridized carbons (Fsp3) is 0.632. The molecule has 26 heavy (non-hydrogen) atoms. The van der Waals surface area contributed by atoms with Gasteiger partial charge >= 0.3 is 6.09 Å². The Morgan fingerprint density at radius 1 is 1.27 bits per heavy atom. The normalized spacial score (nSPS) is 14.8. The first kappa shape index (κ1) is 20.2. The SMILES string of the molecule is Cc1nc(N2CCOCC2)ccc1C(=O)CCCNC(=O)OC(C)(C)C. The number of aryl methyl sites for hydroxylation is 1. The Morgan fingerprint density at radius 2 is 1.96 bits per heavy atom. The van der Waals surface area contributed by atoms with Gasteiger partial charge in [0.2, 0.25) is 0 Å². The number of ether oxygens (including phenoxy) is 2. The highest BCUT2D eigenvalue weighted by Crippen LogP contribution is 2.17. The summed E-state index contributed by atoms with van der Waals surface area (Å²) in [6.07, 6.45) is 0.454. The summed E-state index contributed by atoms with van der Waals surface area (Å²) in [7, 11) is 0. The largest absolute Gasteiger partial charge is 0.444 e. The number of nitrogens with zero attached hydrogens (tertiary/aromatic N) is 2. The molecule has 0 unspecified atom stereocenters. The van der Waals surface area contributed by atoms with Crippen LogP contribution in [-0.2, 0) is 9.47 Å². The lowest BCUT2D eigenvalue weighted by molar-refractivity contribution is 0.0525. The third-order valence-corrected chi connectivity index (χ3v) is 3.96. The summed E-state index contributed by atoms with van der Waals surface area (Å²) in [5.41, 5.74) is 0.851. The minimum Gasteiger partial charge on any atom is -0.444 e. The molecule has 1 aromatic heterocycles. The average molecular weight is 363 g/mol. The Morgan fingerprint density at radius 3 is 2.58 bits per heavy atom. The van der Waals surface area contributed by atoms with Crippen molar-refractivity contribution in [3.63, 3.8) is 0 Å². The van der Waals surface area contributed by atoms with Gasteiger partial charge in [0.1, 0.15) is 11.4 Å². The van der Waals surface area contributed by atoms with E-state index in [1.54, 1.807) is 0 Å². The third-order valence-electron chi connectivity index (χ3n) is 3.96. The molecular weight excluding hydrogens is 334 g/mol. The van der Waals surface area contributed by atoms with Crippen molar-refractivity contribution in [2.24, 2.45) is 0 Å². The Labute approximate surface area is 155 Å². The van der Waals surface area contributed by atoms with Crippen LogP contribution in [0.1, 0.15) is 49.7 Å². The molecule has 0 atom stereocenters. The molecule has 2 rings (SSSR count). The van der Waals surface area contributed by atoms with E-state index in [-0.39, 0.29) is 5.78 Å². The van der Waals surface area contributed by atoms with Crippen molar-refractivity contribution >= 4 is 17.7 Å². The molecule has 7 heteroatoms. The number of rotatable bonds is 6. The molecule has 1 N–H and O–H groups in total. The van der Waals surface area contributed by atoms with Crippen molar-refractivity contribution in [2.75, 3.05) is 37.7 Å². The summed E-state index contributed by atoms with van der Waals surface area (Å²) in [6.45, 7) is 10.7. The van der Waals surface area contributed by atoms with Crippen molar-refractivity contribution in [1.29, 1.82) is 0 Å². The number of Topliss-reactive ketones (excluding diaryl/α,β-unsaturated/α-hetero) is 1. The van der Waals surface area contributed by atoms with Gasteiger partial charge in [-0.05, 0) is 46.2 Å². The van der Waals surface area contributed by atoms with Crippen molar-refractivity contribution in [1.82, 2.24) is 10.3 Å². The summed E-state index contributed by atoms with van der Waals surface area (Å²) in [4.78, 5) is 30.7. The zero-order valence-electron chi connectivity index (χ0n) is 16.1. The number of nitrogens with one attached hydrogen (secondary N) is 1. The van der Waals surface area contributed by atoms with Gasteiger partial charge in [-0.2, -0.15) is 0 Å². The Balaban J connectivity index is 1.81. The van der Waals surface area contributed by atoms with E-state index in [2.05, 4.69) is 15.2 Å². The van der Waals surface area contributed by atoms with Crippen LogP contribution in [0.4, 0.5) is 10.6 Å². The number of ketones is 1. The van der Waals surface area contributed by atoms with Gasteiger partial charge in [0.25, 0.3) is 0 Å². The van der Waals surface area contributed by atoms with Crippen LogP contribution >= 0.6 is 0 Å². The van der Waals surface area contributed by atoms with E-state index in [4.69, 9.17) is 9.47 Å². The van der Waals surface area contributed by atoms with Gasteiger partial charge in [-0.1, -0.05) is 0 Å². The molecule has 144 valence electrons. The van der Waals surface area contributed by atoms with Gasteiger partial charge in [-0.15, -0.1) is 0 Å². The third kappa shape index (κ3) is 6.29. The molecule has 0 spiro atoms. The highest BCUT2D eigenvalue weighted by atomic mass is 16.6. The molecule has 7 nitrogen and oxygen atoms in total. The number of pyridine rings is 1. The highest BCUT2D eigenvalue weighted by molar-refractivity contribution is 5.97. The number of hydrogen-bond acceptors (Lipinski definition) is 6. The van der Waals surface area contributed by atoms with Gasteiger partial charge in [0.15, 0.2) is 5.78 Å². The van der Waals surface area contributed by atoms with Crippen LogP contribution in [0, 0.1) is 6.92 Å². The van der Waals surface area contributed by atoms with Crippen LogP contribution in [0.25, 0.3) is 0 Å². The second-order valence-corrected chi connectivity index (χ2v) is 7.36. The quantitative estimate of drug-likeness (QED) is 0.618. The average Bonchev–Trinajstić information content (AvgIpc) is 2.57. The number of morpholine rings is 1. The zero-order valence-corrected chi connectivity index (χ0v) is 16.1. The first-order valence-corrected chi connectivity index (χ1v) is 9.06. The van der Waals surface area contributed by atoms with Crippen LogP contribution in [0.3, 0.4) is 0 Å².